The average molecular weight is 388 g/mol. The number of hydrogen-bond acceptors (Lipinski definition) is 5. The third kappa shape index (κ3) is 4.62. The number of thioether (sulfide) groups is 1. The molecule has 134 valence electrons. The minimum absolute atomic E-state index is 0.109. The third-order valence-electron chi connectivity index (χ3n) is 3.52. The van der Waals surface area contributed by atoms with Crippen molar-refractivity contribution in [3.8, 4) is 11.5 Å². The van der Waals surface area contributed by atoms with Crippen LogP contribution in [0.1, 0.15) is 13.3 Å². The summed E-state index contributed by atoms with van der Waals surface area (Å²) in [6.07, 6.45) is 2.66. The van der Waals surface area contributed by atoms with Crippen LogP contribution in [0.5, 0.6) is 0 Å². The first kappa shape index (κ1) is 18.4. The molecule has 0 aliphatic rings. The number of aromatic nitrogens is 4. The van der Waals surface area contributed by atoms with Crippen molar-refractivity contribution in [2.75, 3.05) is 11.1 Å². The maximum absolute atomic E-state index is 12.2. The van der Waals surface area contributed by atoms with Gasteiger partial charge in [0.2, 0.25) is 5.91 Å². The number of nitrogens with zero attached hydrogens (tertiary/aromatic N) is 4. The molecule has 0 saturated heterocycles. The molecule has 0 aliphatic carbocycles. The first-order valence-electron chi connectivity index (χ1n) is 8.20. The summed E-state index contributed by atoms with van der Waals surface area (Å²) in [5.74, 6) is 0.850. The topological polar surface area (TPSA) is 72.7 Å². The molecule has 0 atom stereocenters. The van der Waals surface area contributed by atoms with E-state index in [4.69, 9.17) is 11.6 Å². The Morgan fingerprint density at radius 2 is 2.00 bits per heavy atom. The Kier molecular flexibility index (Phi) is 6.25. The van der Waals surface area contributed by atoms with Crippen LogP contribution in [-0.4, -0.2) is 31.4 Å². The van der Waals surface area contributed by atoms with Crippen molar-refractivity contribution in [1.82, 2.24) is 19.7 Å². The van der Waals surface area contributed by atoms with Gasteiger partial charge in [0.05, 0.1) is 5.75 Å². The van der Waals surface area contributed by atoms with Crippen LogP contribution in [0.15, 0.2) is 53.8 Å². The van der Waals surface area contributed by atoms with E-state index in [1.54, 1.807) is 30.5 Å². The van der Waals surface area contributed by atoms with E-state index in [9.17, 15) is 4.79 Å². The number of halogens is 1. The van der Waals surface area contributed by atoms with Crippen molar-refractivity contribution < 1.29 is 4.79 Å². The maximum Gasteiger partial charge on any atom is 0.234 e. The number of pyridine rings is 1. The fourth-order valence-corrected chi connectivity index (χ4v) is 3.26. The lowest BCUT2D eigenvalue weighted by Gasteiger charge is -2.08. The van der Waals surface area contributed by atoms with Gasteiger partial charge in [-0.15, -0.1) is 10.2 Å². The van der Waals surface area contributed by atoms with Gasteiger partial charge in [-0.25, -0.2) is 0 Å². The second kappa shape index (κ2) is 8.82. The smallest absolute Gasteiger partial charge is 0.234 e. The number of carbonyl (C=O) groups is 1. The van der Waals surface area contributed by atoms with E-state index in [-0.39, 0.29) is 11.7 Å². The largest absolute Gasteiger partial charge is 0.325 e. The summed E-state index contributed by atoms with van der Waals surface area (Å²) in [6, 6.07) is 12.7. The van der Waals surface area contributed by atoms with Crippen LogP contribution in [0, 0.1) is 0 Å². The van der Waals surface area contributed by atoms with Gasteiger partial charge in [0.15, 0.2) is 11.0 Å². The van der Waals surface area contributed by atoms with Crippen molar-refractivity contribution in [2.24, 2.45) is 0 Å². The lowest BCUT2D eigenvalue weighted by Crippen LogP contribution is -2.14. The molecule has 2 heterocycles. The second-order valence-electron chi connectivity index (χ2n) is 5.52. The fraction of sp³-hybridized carbons (Fsp3) is 0.222. The molecule has 3 rings (SSSR count). The van der Waals surface area contributed by atoms with Crippen molar-refractivity contribution in [3.05, 3.63) is 53.7 Å². The molecule has 0 spiro atoms. The maximum atomic E-state index is 12.2. The first-order valence-corrected chi connectivity index (χ1v) is 9.56. The Morgan fingerprint density at radius 3 is 2.69 bits per heavy atom. The van der Waals surface area contributed by atoms with Crippen molar-refractivity contribution in [1.29, 1.82) is 0 Å². The van der Waals surface area contributed by atoms with Gasteiger partial charge in [0, 0.05) is 23.5 Å². The van der Waals surface area contributed by atoms with Gasteiger partial charge in [0.1, 0.15) is 5.69 Å². The minimum Gasteiger partial charge on any atom is -0.325 e. The van der Waals surface area contributed by atoms with Gasteiger partial charge in [-0.05, 0) is 42.8 Å². The van der Waals surface area contributed by atoms with Crippen LogP contribution in [0.3, 0.4) is 0 Å². The SMILES string of the molecule is CCCn1c(SCC(=O)Nc2ccc(Cl)cc2)nnc1-c1ccccn1. The molecule has 0 aliphatic heterocycles. The van der Waals surface area contributed by atoms with E-state index in [0.29, 0.717) is 21.7 Å². The molecule has 0 fully saturated rings. The number of hydrogen-bond donors (Lipinski definition) is 1. The number of amides is 1. The zero-order valence-electron chi connectivity index (χ0n) is 14.2. The van der Waals surface area contributed by atoms with E-state index >= 15 is 0 Å². The second-order valence-corrected chi connectivity index (χ2v) is 6.90. The van der Waals surface area contributed by atoms with Gasteiger partial charge >= 0.3 is 0 Å². The molecule has 1 amide bonds. The first-order chi connectivity index (χ1) is 12.7. The van der Waals surface area contributed by atoms with E-state index in [1.807, 2.05) is 22.8 Å². The number of benzene rings is 1. The summed E-state index contributed by atoms with van der Waals surface area (Å²) < 4.78 is 2.00. The lowest BCUT2D eigenvalue weighted by atomic mass is 10.3. The predicted molar refractivity (Wildman–Crippen MR) is 104 cm³/mol. The third-order valence-corrected chi connectivity index (χ3v) is 4.74. The van der Waals surface area contributed by atoms with E-state index in [2.05, 4.69) is 27.4 Å². The molecular formula is C18H18ClN5OS. The highest BCUT2D eigenvalue weighted by Gasteiger charge is 2.15. The monoisotopic (exact) mass is 387 g/mol. The van der Waals surface area contributed by atoms with Crippen LogP contribution < -0.4 is 5.32 Å². The van der Waals surface area contributed by atoms with E-state index < -0.39 is 0 Å². The van der Waals surface area contributed by atoms with Gasteiger partial charge in [-0.1, -0.05) is 36.4 Å². The highest BCUT2D eigenvalue weighted by molar-refractivity contribution is 7.99. The molecule has 0 radical (unpaired) electrons. The van der Waals surface area contributed by atoms with Crippen LogP contribution in [0.2, 0.25) is 5.02 Å². The van der Waals surface area contributed by atoms with Crippen LogP contribution in [-0.2, 0) is 11.3 Å². The van der Waals surface area contributed by atoms with E-state index in [0.717, 1.165) is 18.7 Å². The molecule has 26 heavy (non-hydrogen) atoms. The number of nitrogens with one attached hydrogen (secondary N) is 1. The standard InChI is InChI=1S/C18H18ClN5OS/c1-2-11-24-17(15-5-3-4-10-20-15)22-23-18(24)26-12-16(25)21-14-8-6-13(19)7-9-14/h3-10H,2,11-12H2,1H3,(H,21,25). The molecule has 1 N–H and O–H groups in total. The molecule has 3 aromatic rings. The number of anilines is 1. The number of rotatable bonds is 7. The Hall–Kier alpha value is -2.38. The lowest BCUT2D eigenvalue weighted by molar-refractivity contribution is -0.113. The molecular weight excluding hydrogens is 370 g/mol. The average Bonchev–Trinajstić information content (AvgIpc) is 3.06. The van der Waals surface area contributed by atoms with Crippen molar-refractivity contribution in [3.63, 3.8) is 0 Å². The quantitative estimate of drug-likeness (QED) is 0.617. The summed E-state index contributed by atoms with van der Waals surface area (Å²) in [4.78, 5) is 16.5. The molecule has 0 bridgehead atoms. The summed E-state index contributed by atoms with van der Waals surface area (Å²) in [5.41, 5.74) is 1.48. The van der Waals surface area contributed by atoms with Crippen LogP contribution >= 0.6 is 23.4 Å². The molecule has 1 aromatic carbocycles. The van der Waals surface area contributed by atoms with Crippen LogP contribution in [0.4, 0.5) is 5.69 Å². The van der Waals surface area contributed by atoms with Crippen LogP contribution in [0.25, 0.3) is 11.5 Å². The summed E-state index contributed by atoms with van der Waals surface area (Å²) >= 11 is 7.21. The minimum atomic E-state index is -0.109. The predicted octanol–water partition coefficient (Wildman–Crippen LogP) is 4.13. The van der Waals surface area contributed by atoms with Gasteiger partial charge in [0.25, 0.3) is 0 Å². The Morgan fingerprint density at radius 1 is 1.19 bits per heavy atom. The molecule has 8 heteroatoms. The summed E-state index contributed by atoms with van der Waals surface area (Å²) in [6.45, 7) is 2.85. The highest BCUT2D eigenvalue weighted by atomic mass is 35.5. The zero-order valence-corrected chi connectivity index (χ0v) is 15.8. The highest BCUT2D eigenvalue weighted by Crippen LogP contribution is 2.23. The normalized spacial score (nSPS) is 10.7. The number of carbonyl (C=O) groups excluding carboxylic acids is 1. The molecule has 6 nitrogen and oxygen atoms in total. The van der Waals surface area contributed by atoms with Crippen molar-refractivity contribution >= 4 is 35.0 Å². The molecule has 0 unspecified atom stereocenters. The molecule has 0 saturated carbocycles. The molecule has 2 aromatic heterocycles. The zero-order chi connectivity index (χ0) is 18.4. The van der Waals surface area contributed by atoms with Gasteiger partial charge in [-0.3, -0.25) is 9.78 Å². The summed E-state index contributed by atoms with van der Waals surface area (Å²) in [7, 11) is 0. The fourth-order valence-electron chi connectivity index (χ4n) is 2.37. The van der Waals surface area contributed by atoms with Gasteiger partial charge in [-0.2, -0.15) is 0 Å². The Labute approximate surface area is 161 Å². The Bertz CT molecular complexity index is 867. The van der Waals surface area contributed by atoms with Gasteiger partial charge < -0.3 is 9.88 Å². The van der Waals surface area contributed by atoms with E-state index in [1.165, 1.54) is 11.8 Å². The summed E-state index contributed by atoms with van der Waals surface area (Å²) in [5, 5.41) is 12.7. The van der Waals surface area contributed by atoms with Crippen molar-refractivity contribution in [2.45, 2.75) is 25.0 Å². The Balaban J connectivity index is 1.68.